The predicted octanol–water partition coefficient (Wildman–Crippen LogP) is 2.63. The number of halogens is 1. The molecule has 0 bridgehead atoms. The summed E-state index contributed by atoms with van der Waals surface area (Å²) in [6.45, 7) is 3.65. The molecular weight excluding hydrogens is 330 g/mol. The first-order chi connectivity index (χ1) is 11.3. The molecule has 0 aliphatic rings. The summed E-state index contributed by atoms with van der Waals surface area (Å²) >= 11 is 6.10. The number of rotatable bonds is 3. The van der Waals surface area contributed by atoms with Crippen molar-refractivity contribution in [2.75, 3.05) is 10.6 Å². The predicted molar refractivity (Wildman–Crippen MR) is 93.1 cm³/mol. The van der Waals surface area contributed by atoms with Crippen molar-refractivity contribution in [3.63, 3.8) is 0 Å². The number of hydrogen-bond donors (Lipinski definition) is 3. The molecule has 2 aromatic rings. The quantitative estimate of drug-likeness (QED) is 0.745. The monoisotopic (exact) mass is 345 g/mol. The van der Waals surface area contributed by atoms with E-state index >= 15 is 0 Å². The topological polar surface area (TPSA) is 101 Å². The van der Waals surface area contributed by atoms with Crippen LogP contribution in [-0.4, -0.2) is 17.7 Å². The highest BCUT2D eigenvalue weighted by Gasteiger charge is 2.19. The maximum Gasteiger partial charge on any atom is 0.314 e. The van der Waals surface area contributed by atoms with Crippen molar-refractivity contribution >= 4 is 40.7 Å². The molecule has 0 saturated carbocycles. The molecule has 0 heterocycles. The smallest absolute Gasteiger partial charge is 0.314 e. The van der Waals surface area contributed by atoms with Gasteiger partial charge in [-0.2, -0.15) is 0 Å². The van der Waals surface area contributed by atoms with Crippen molar-refractivity contribution in [1.29, 1.82) is 0 Å². The highest BCUT2D eigenvalue weighted by molar-refractivity contribution is 6.45. The molecule has 0 unspecified atom stereocenters. The van der Waals surface area contributed by atoms with E-state index in [1.54, 1.807) is 25.1 Å². The van der Waals surface area contributed by atoms with Gasteiger partial charge in [0.1, 0.15) is 0 Å². The van der Waals surface area contributed by atoms with E-state index in [1.807, 2.05) is 13.0 Å². The summed E-state index contributed by atoms with van der Waals surface area (Å²) in [7, 11) is 0. The molecule has 0 fully saturated rings. The number of aryl methyl sites for hydroxylation is 2. The molecule has 7 heteroatoms. The van der Waals surface area contributed by atoms with Gasteiger partial charge >= 0.3 is 11.8 Å². The van der Waals surface area contributed by atoms with Crippen molar-refractivity contribution < 1.29 is 14.4 Å². The number of nitrogens with one attached hydrogen (secondary N) is 2. The third kappa shape index (κ3) is 3.91. The molecule has 2 aromatic carbocycles. The Labute approximate surface area is 144 Å². The molecular formula is C17H16ClN3O3. The Morgan fingerprint density at radius 2 is 1.62 bits per heavy atom. The van der Waals surface area contributed by atoms with E-state index in [0.717, 1.165) is 11.1 Å². The van der Waals surface area contributed by atoms with Crippen LogP contribution >= 0.6 is 11.6 Å². The lowest BCUT2D eigenvalue weighted by molar-refractivity contribution is -0.133. The van der Waals surface area contributed by atoms with Gasteiger partial charge in [-0.3, -0.25) is 14.4 Å². The van der Waals surface area contributed by atoms with Crippen LogP contribution in [-0.2, 0) is 9.59 Å². The highest BCUT2D eigenvalue weighted by atomic mass is 35.5. The minimum atomic E-state index is -0.931. The maximum atomic E-state index is 12.1. The first-order valence-corrected chi connectivity index (χ1v) is 7.45. The largest absolute Gasteiger partial charge is 0.366 e. The van der Waals surface area contributed by atoms with Crippen LogP contribution in [0.3, 0.4) is 0 Å². The van der Waals surface area contributed by atoms with E-state index in [0.29, 0.717) is 10.7 Å². The number of amides is 3. The molecule has 0 radical (unpaired) electrons. The summed E-state index contributed by atoms with van der Waals surface area (Å²) < 4.78 is 0. The van der Waals surface area contributed by atoms with Crippen LogP contribution in [0.15, 0.2) is 36.4 Å². The summed E-state index contributed by atoms with van der Waals surface area (Å²) in [6, 6.07) is 9.67. The fraction of sp³-hybridized carbons (Fsp3) is 0.118. The summed E-state index contributed by atoms with van der Waals surface area (Å²) in [5, 5.41) is 5.18. The fourth-order valence-corrected chi connectivity index (χ4v) is 2.60. The molecule has 6 nitrogen and oxygen atoms in total. The van der Waals surface area contributed by atoms with Gasteiger partial charge in [-0.1, -0.05) is 29.8 Å². The molecule has 0 aromatic heterocycles. The third-order valence-corrected chi connectivity index (χ3v) is 3.62. The Balaban J connectivity index is 2.17. The molecule has 2 rings (SSSR count). The minimum absolute atomic E-state index is 0.114. The SMILES string of the molecule is Cc1cc(C)c(NC(=O)C(=O)Nc2ccccc2C(N)=O)c(Cl)c1. The average molecular weight is 346 g/mol. The molecule has 24 heavy (non-hydrogen) atoms. The van der Waals surface area contributed by atoms with Crippen molar-refractivity contribution in [2.45, 2.75) is 13.8 Å². The summed E-state index contributed by atoms with van der Waals surface area (Å²) in [5.74, 6) is -2.54. The Kier molecular flexibility index (Phi) is 5.21. The van der Waals surface area contributed by atoms with E-state index in [1.165, 1.54) is 12.1 Å². The summed E-state index contributed by atoms with van der Waals surface area (Å²) in [5.41, 5.74) is 7.55. The first-order valence-electron chi connectivity index (χ1n) is 7.07. The number of benzene rings is 2. The molecule has 124 valence electrons. The summed E-state index contributed by atoms with van der Waals surface area (Å²) in [6.07, 6.45) is 0. The number of carbonyl (C=O) groups is 3. The fourth-order valence-electron chi connectivity index (χ4n) is 2.23. The van der Waals surface area contributed by atoms with Crippen LogP contribution in [0.2, 0.25) is 5.02 Å². The van der Waals surface area contributed by atoms with E-state index in [2.05, 4.69) is 10.6 Å². The number of primary amides is 1. The minimum Gasteiger partial charge on any atom is -0.366 e. The number of nitrogens with two attached hydrogens (primary N) is 1. The second kappa shape index (κ2) is 7.14. The number of anilines is 2. The molecule has 0 aliphatic carbocycles. The van der Waals surface area contributed by atoms with Crippen LogP contribution in [0.4, 0.5) is 11.4 Å². The van der Waals surface area contributed by atoms with Crippen molar-refractivity contribution in [3.05, 3.63) is 58.1 Å². The van der Waals surface area contributed by atoms with Gasteiger partial charge in [0.05, 0.1) is 22.0 Å². The average Bonchev–Trinajstić information content (AvgIpc) is 2.50. The number of hydrogen-bond acceptors (Lipinski definition) is 3. The summed E-state index contributed by atoms with van der Waals surface area (Å²) in [4.78, 5) is 35.5. The zero-order valence-electron chi connectivity index (χ0n) is 13.1. The maximum absolute atomic E-state index is 12.1. The van der Waals surface area contributed by atoms with Gasteiger partial charge in [-0.25, -0.2) is 0 Å². The molecule has 0 aliphatic heterocycles. The van der Waals surface area contributed by atoms with Crippen LogP contribution in [0.1, 0.15) is 21.5 Å². The van der Waals surface area contributed by atoms with Gasteiger partial charge in [-0.05, 0) is 43.2 Å². The van der Waals surface area contributed by atoms with Gasteiger partial charge < -0.3 is 16.4 Å². The van der Waals surface area contributed by atoms with Gasteiger partial charge in [0.2, 0.25) is 0 Å². The Bertz CT molecular complexity index is 811. The van der Waals surface area contributed by atoms with Crippen LogP contribution < -0.4 is 16.4 Å². The Hall–Kier alpha value is -2.86. The second-order valence-electron chi connectivity index (χ2n) is 5.26. The third-order valence-electron chi connectivity index (χ3n) is 3.32. The lowest BCUT2D eigenvalue weighted by atomic mass is 10.1. The molecule has 0 spiro atoms. The molecule has 3 amide bonds. The van der Waals surface area contributed by atoms with Gasteiger partial charge in [0, 0.05) is 0 Å². The number of para-hydroxylation sites is 1. The van der Waals surface area contributed by atoms with Crippen LogP contribution in [0, 0.1) is 13.8 Å². The number of carbonyl (C=O) groups excluding carboxylic acids is 3. The molecule has 0 saturated heterocycles. The van der Waals surface area contributed by atoms with Gasteiger partial charge in [-0.15, -0.1) is 0 Å². The van der Waals surface area contributed by atoms with E-state index in [4.69, 9.17) is 17.3 Å². The van der Waals surface area contributed by atoms with E-state index < -0.39 is 17.7 Å². The van der Waals surface area contributed by atoms with Crippen LogP contribution in [0.25, 0.3) is 0 Å². The lowest BCUT2D eigenvalue weighted by Gasteiger charge is -2.12. The van der Waals surface area contributed by atoms with E-state index in [-0.39, 0.29) is 11.3 Å². The molecule has 4 N–H and O–H groups in total. The standard InChI is InChI=1S/C17H16ClN3O3/c1-9-7-10(2)14(12(18)8-9)21-17(24)16(23)20-13-6-4-3-5-11(13)15(19)22/h3-8H,1-2H3,(H2,19,22)(H,20,23)(H,21,24). The van der Waals surface area contributed by atoms with Gasteiger partial charge in [0.15, 0.2) is 0 Å². The van der Waals surface area contributed by atoms with Crippen molar-refractivity contribution in [2.24, 2.45) is 5.73 Å². The Morgan fingerprint density at radius 1 is 1.00 bits per heavy atom. The normalized spacial score (nSPS) is 10.1. The van der Waals surface area contributed by atoms with Crippen molar-refractivity contribution in [1.82, 2.24) is 0 Å². The van der Waals surface area contributed by atoms with E-state index in [9.17, 15) is 14.4 Å². The lowest BCUT2D eigenvalue weighted by Crippen LogP contribution is -2.30. The zero-order chi connectivity index (χ0) is 17.9. The molecule has 0 atom stereocenters. The zero-order valence-corrected chi connectivity index (χ0v) is 13.9. The highest BCUT2D eigenvalue weighted by Crippen LogP contribution is 2.27. The first kappa shape index (κ1) is 17.5. The van der Waals surface area contributed by atoms with Crippen LogP contribution in [0.5, 0.6) is 0 Å². The van der Waals surface area contributed by atoms with Crippen molar-refractivity contribution in [3.8, 4) is 0 Å². The van der Waals surface area contributed by atoms with Gasteiger partial charge in [0.25, 0.3) is 5.91 Å². The second-order valence-corrected chi connectivity index (χ2v) is 5.66. The Morgan fingerprint density at radius 3 is 2.25 bits per heavy atom.